The predicted molar refractivity (Wildman–Crippen MR) is 41.8 cm³/mol. The summed E-state index contributed by atoms with van der Waals surface area (Å²) in [7, 11) is 0. The summed E-state index contributed by atoms with van der Waals surface area (Å²) in [6.45, 7) is 0.533. The lowest BCUT2D eigenvalue weighted by Crippen LogP contribution is -2.35. The number of nitrogens with zero attached hydrogens (tertiary/aromatic N) is 1. The van der Waals surface area contributed by atoms with E-state index in [1.165, 1.54) is 4.90 Å². The van der Waals surface area contributed by atoms with E-state index in [0.717, 1.165) is 6.42 Å². The normalized spacial score (nSPS) is 23.8. The Kier molecular flexibility index (Phi) is 2.73. The van der Waals surface area contributed by atoms with Crippen LogP contribution in [0.4, 0.5) is 4.79 Å². The van der Waals surface area contributed by atoms with Crippen molar-refractivity contribution in [2.75, 3.05) is 6.54 Å². The number of rotatable bonds is 1. The van der Waals surface area contributed by atoms with Crippen molar-refractivity contribution < 1.29 is 9.59 Å². The molecule has 0 aliphatic carbocycles. The lowest BCUT2D eigenvalue weighted by Gasteiger charge is -2.17. The number of halogens is 2. The van der Waals surface area contributed by atoms with E-state index in [9.17, 15) is 9.59 Å². The Balaban J connectivity index is 2.65. The molecule has 0 aromatic carbocycles. The van der Waals surface area contributed by atoms with Gasteiger partial charge in [0.1, 0.15) is 6.04 Å². The van der Waals surface area contributed by atoms with Gasteiger partial charge in [-0.05, 0) is 36.0 Å². The molecule has 1 unspecified atom stereocenters. The third kappa shape index (κ3) is 1.84. The molecule has 1 aliphatic rings. The molecule has 0 aromatic rings. The van der Waals surface area contributed by atoms with E-state index in [-0.39, 0.29) is 0 Å². The van der Waals surface area contributed by atoms with E-state index in [2.05, 4.69) is 0 Å². The Morgan fingerprint density at radius 1 is 1.36 bits per heavy atom. The van der Waals surface area contributed by atoms with E-state index in [1.54, 1.807) is 0 Å². The van der Waals surface area contributed by atoms with Gasteiger partial charge in [-0.2, -0.15) is 0 Å². The molecule has 1 aliphatic heterocycles. The number of amides is 1. The van der Waals surface area contributed by atoms with E-state index in [0.29, 0.717) is 13.0 Å². The minimum absolute atomic E-state index is 0.498. The Morgan fingerprint density at radius 3 is 2.36 bits per heavy atom. The first kappa shape index (κ1) is 8.81. The lowest BCUT2D eigenvalue weighted by molar-refractivity contribution is -0.114. The first-order valence-corrected chi connectivity index (χ1v) is 4.04. The average molecular weight is 196 g/mol. The van der Waals surface area contributed by atoms with Crippen molar-refractivity contribution in [2.45, 2.75) is 18.9 Å². The number of hydrogen-bond acceptors (Lipinski definition) is 2. The molecular weight excluding hydrogens is 189 g/mol. The Labute approximate surface area is 74.2 Å². The quantitative estimate of drug-likeness (QED) is 0.471. The molecule has 5 heteroatoms. The van der Waals surface area contributed by atoms with Crippen LogP contribution in [0.5, 0.6) is 0 Å². The van der Waals surface area contributed by atoms with Gasteiger partial charge in [0.2, 0.25) is 5.24 Å². The fraction of sp³-hybridized carbons (Fsp3) is 0.667. The van der Waals surface area contributed by atoms with Crippen LogP contribution in [0.25, 0.3) is 0 Å². The molecule has 1 heterocycles. The largest absolute Gasteiger partial charge is 0.318 e. The van der Waals surface area contributed by atoms with Gasteiger partial charge in [0.15, 0.2) is 0 Å². The van der Waals surface area contributed by atoms with Crippen molar-refractivity contribution in [1.82, 2.24) is 4.90 Å². The van der Waals surface area contributed by atoms with Crippen LogP contribution in [-0.4, -0.2) is 28.1 Å². The Morgan fingerprint density at radius 2 is 2.00 bits per heavy atom. The highest BCUT2D eigenvalue weighted by Crippen LogP contribution is 2.20. The van der Waals surface area contributed by atoms with E-state index in [4.69, 9.17) is 23.2 Å². The van der Waals surface area contributed by atoms with Crippen LogP contribution in [0.1, 0.15) is 12.8 Å². The topological polar surface area (TPSA) is 37.4 Å². The molecule has 1 amide bonds. The summed E-state index contributed by atoms with van der Waals surface area (Å²) in [6, 6.07) is -0.498. The molecule has 0 radical (unpaired) electrons. The van der Waals surface area contributed by atoms with Crippen molar-refractivity contribution in [2.24, 2.45) is 0 Å². The molecule has 1 saturated heterocycles. The van der Waals surface area contributed by atoms with Gasteiger partial charge < -0.3 is 4.90 Å². The molecule has 11 heavy (non-hydrogen) atoms. The molecule has 1 fully saturated rings. The summed E-state index contributed by atoms with van der Waals surface area (Å²) in [6.07, 6.45) is 1.42. The zero-order valence-electron chi connectivity index (χ0n) is 5.72. The highest BCUT2D eigenvalue weighted by atomic mass is 35.5. The van der Waals surface area contributed by atoms with Crippen LogP contribution in [0, 0.1) is 0 Å². The van der Waals surface area contributed by atoms with Gasteiger partial charge >= 0.3 is 5.37 Å². The van der Waals surface area contributed by atoms with Gasteiger partial charge in [-0.15, -0.1) is 0 Å². The number of likely N-dealkylation sites (tertiary alicyclic amines) is 1. The molecule has 1 rings (SSSR count). The maximum atomic E-state index is 10.7. The summed E-state index contributed by atoms with van der Waals surface area (Å²) in [5.41, 5.74) is 0. The molecule has 0 aromatic heterocycles. The summed E-state index contributed by atoms with van der Waals surface area (Å²) in [5, 5.41) is -1.10. The average Bonchev–Trinajstić information content (AvgIpc) is 2.32. The smallest absolute Gasteiger partial charge is 0.317 e. The standard InChI is InChI=1S/C6H7Cl2NO2/c7-5(10)4-2-1-3-9(4)6(8)11/h4H,1-3H2. The van der Waals surface area contributed by atoms with Crippen molar-refractivity contribution in [3.63, 3.8) is 0 Å². The van der Waals surface area contributed by atoms with Gasteiger partial charge in [-0.25, -0.2) is 0 Å². The van der Waals surface area contributed by atoms with Crippen molar-refractivity contribution in [3.05, 3.63) is 0 Å². The van der Waals surface area contributed by atoms with Crippen LogP contribution in [0.3, 0.4) is 0 Å². The molecule has 0 N–H and O–H groups in total. The third-order valence-electron chi connectivity index (χ3n) is 1.74. The fourth-order valence-corrected chi connectivity index (χ4v) is 1.64. The van der Waals surface area contributed by atoms with Crippen LogP contribution >= 0.6 is 23.2 Å². The summed E-state index contributed by atoms with van der Waals surface area (Å²) < 4.78 is 0. The molecular formula is C6H7Cl2NO2. The second-order valence-electron chi connectivity index (χ2n) is 2.41. The summed E-state index contributed by atoms with van der Waals surface area (Å²) in [5.74, 6) is 0. The zero-order valence-corrected chi connectivity index (χ0v) is 7.23. The third-order valence-corrected chi connectivity index (χ3v) is 2.21. The maximum absolute atomic E-state index is 10.7. The molecule has 3 nitrogen and oxygen atoms in total. The maximum Gasteiger partial charge on any atom is 0.317 e. The highest BCUT2D eigenvalue weighted by molar-refractivity contribution is 6.66. The van der Waals surface area contributed by atoms with E-state index >= 15 is 0 Å². The minimum atomic E-state index is -0.596. The molecule has 62 valence electrons. The summed E-state index contributed by atoms with van der Waals surface area (Å²) in [4.78, 5) is 22.6. The van der Waals surface area contributed by atoms with Crippen LogP contribution in [0.2, 0.25) is 0 Å². The number of carbonyl (C=O) groups is 2. The van der Waals surface area contributed by atoms with E-state index < -0.39 is 16.7 Å². The van der Waals surface area contributed by atoms with Gasteiger partial charge in [-0.3, -0.25) is 9.59 Å². The van der Waals surface area contributed by atoms with Gasteiger partial charge in [-0.1, -0.05) is 0 Å². The van der Waals surface area contributed by atoms with Gasteiger partial charge in [0, 0.05) is 6.54 Å². The lowest BCUT2D eigenvalue weighted by atomic mass is 10.2. The first-order valence-electron chi connectivity index (χ1n) is 3.28. The predicted octanol–water partition coefficient (Wildman–Crippen LogP) is 1.57. The Bertz CT molecular complexity index is 175. The fourth-order valence-electron chi connectivity index (χ4n) is 1.21. The van der Waals surface area contributed by atoms with Crippen molar-refractivity contribution >= 4 is 33.8 Å². The van der Waals surface area contributed by atoms with Crippen LogP contribution < -0.4 is 0 Å². The van der Waals surface area contributed by atoms with Gasteiger partial charge in [0.05, 0.1) is 0 Å². The number of carbonyl (C=O) groups excluding carboxylic acids is 2. The van der Waals surface area contributed by atoms with Crippen LogP contribution in [0.15, 0.2) is 0 Å². The zero-order chi connectivity index (χ0) is 8.43. The number of hydrogen-bond donors (Lipinski definition) is 0. The van der Waals surface area contributed by atoms with E-state index in [1.807, 2.05) is 0 Å². The van der Waals surface area contributed by atoms with Crippen LogP contribution in [-0.2, 0) is 4.79 Å². The van der Waals surface area contributed by atoms with Crippen molar-refractivity contribution in [1.29, 1.82) is 0 Å². The van der Waals surface area contributed by atoms with Gasteiger partial charge in [0.25, 0.3) is 0 Å². The first-order chi connectivity index (χ1) is 5.13. The Hall–Kier alpha value is -0.280. The molecule has 0 spiro atoms. The minimum Gasteiger partial charge on any atom is -0.318 e. The summed E-state index contributed by atoms with van der Waals surface area (Å²) >= 11 is 10.4. The molecule has 0 bridgehead atoms. The molecule has 0 saturated carbocycles. The highest BCUT2D eigenvalue weighted by Gasteiger charge is 2.31. The SMILES string of the molecule is O=C(Cl)C1CCCN1C(=O)Cl. The van der Waals surface area contributed by atoms with Crippen molar-refractivity contribution in [3.8, 4) is 0 Å². The second kappa shape index (κ2) is 3.41. The monoisotopic (exact) mass is 195 g/mol. The molecule has 1 atom stereocenters. The second-order valence-corrected chi connectivity index (χ2v) is 3.10.